The molecule has 1 aliphatic rings. The fourth-order valence-corrected chi connectivity index (χ4v) is 1.65. The van der Waals surface area contributed by atoms with Gasteiger partial charge in [0, 0.05) is 13.1 Å². The fourth-order valence-electron chi connectivity index (χ4n) is 1.65. The lowest BCUT2D eigenvalue weighted by Crippen LogP contribution is -2.54. The first-order chi connectivity index (χ1) is 9.14. The van der Waals surface area contributed by atoms with Crippen LogP contribution in [0.25, 0.3) is 0 Å². The minimum atomic E-state index is -1.03. The number of nitrogens with zero attached hydrogens (tertiary/aromatic N) is 1. The zero-order chi connectivity index (χ0) is 15.5. The van der Waals surface area contributed by atoms with Gasteiger partial charge in [0.15, 0.2) is 0 Å². The van der Waals surface area contributed by atoms with E-state index in [0.29, 0.717) is 0 Å². The Morgan fingerprint density at radius 3 is 2.15 bits per heavy atom. The maximum atomic E-state index is 11.7. The Morgan fingerprint density at radius 1 is 1.15 bits per heavy atom. The van der Waals surface area contributed by atoms with Gasteiger partial charge < -0.3 is 14.4 Å². The molecule has 1 fully saturated rings. The number of rotatable bonds is 4. The van der Waals surface area contributed by atoms with E-state index in [2.05, 4.69) is 4.74 Å². The Hall–Kier alpha value is -1.92. The first-order valence-electron chi connectivity index (χ1n) is 6.26. The molecule has 1 rings (SSSR count). The first-order valence-corrected chi connectivity index (χ1v) is 6.26. The largest absolute Gasteiger partial charge is 0.463 e. The molecular weight excluding hydrogens is 266 g/mol. The standard InChI is InChI=1S/C13H19NO6/c1-13(2,3)20-12(18)14-6-8(7-14)9(15)5-10(16)11(17)19-4/h8H,5-7H2,1-4H3. The highest BCUT2D eigenvalue weighted by Crippen LogP contribution is 2.21. The second-order valence-electron chi connectivity index (χ2n) is 5.64. The zero-order valence-corrected chi connectivity index (χ0v) is 12.1. The number of ketones is 2. The van der Waals surface area contributed by atoms with E-state index in [0.717, 1.165) is 7.11 Å². The molecule has 0 unspecified atom stereocenters. The van der Waals surface area contributed by atoms with Gasteiger partial charge in [0.25, 0.3) is 0 Å². The van der Waals surface area contributed by atoms with Gasteiger partial charge in [-0.1, -0.05) is 0 Å². The lowest BCUT2D eigenvalue weighted by Gasteiger charge is -2.38. The number of carbonyl (C=O) groups excluding carboxylic acids is 4. The summed E-state index contributed by atoms with van der Waals surface area (Å²) in [6.07, 6.45) is -0.972. The van der Waals surface area contributed by atoms with Gasteiger partial charge in [-0.25, -0.2) is 9.59 Å². The van der Waals surface area contributed by atoms with E-state index in [1.54, 1.807) is 20.8 Å². The summed E-state index contributed by atoms with van der Waals surface area (Å²) in [6.45, 7) is 5.68. The minimum absolute atomic E-state index is 0.211. The van der Waals surface area contributed by atoms with Crippen LogP contribution in [0.2, 0.25) is 0 Å². The average Bonchev–Trinajstić information content (AvgIpc) is 2.22. The average molecular weight is 285 g/mol. The van der Waals surface area contributed by atoms with Crippen molar-refractivity contribution >= 4 is 23.6 Å². The molecule has 1 aliphatic heterocycles. The number of likely N-dealkylation sites (tertiary alicyclic amines) is 1. The minimum Gasteiger partial charge on any atom is -0.463 e. The molecule has 7 heteroatoms. The van der Waals surface area contributed by atoms with Gasteiger partial charge in [0.1, 0.15) is 11.4 Å². The summed E-state index contributed by atoms with van der Waals surface area (Å²) in [6, 6.07) is 0. The number of Topliss-reactive ketones (excluding diaryl/α,β-unsaturated/α-hetero) is 2. The third-order valence-corrected chi connectivity index (χ3v) is 2.74. The highest BCUT2D eigenvalue weighted by molar-refractivity contribution is 6.37. The van der Waals surface area contributed by atoms with Crippen LogP contribution in [0.5, 0.6) is 0 Å². The van der Waals surface area contributed by atoms with E-state index < -0.39 is 35.8 Å². The molecule has 0 saturated carbocycles. The number of amides is 1. The predicted octanol–water partition coefficient (Wildman–Crippen LogP) is 0.555. The van der Waals surface area contributed by atoms with E-state index in [9.17, 15) is 19.2 Å². The molecule has 112 valence electrons. The summed E-state index contributed by atoms with van der Waals surface area (Å²) in [5.41, 5.74) is -0.590. The van der Waals surface area contributed by atoms with Crippen LogP contribution in [-0.4, -0.2) is 54.3 Å². The summed E-state index contributed by atoms with van der Waals surface area (Å²) in [4.78, 5) is 46.9. The number of hydrogen-bond acceptors (Lipinski definition) is 6. The molecule has 0 atom stereocenters. The molecule has 1 saturated heterocycles. The number of esters is 1. The number of hydrogen-bond donors (Lipinski definition) is 0. The lowest BCUT2D eigenvalue weighted by molar-refractivity contribution is -0.153. The van der Waals surface area contributed by atoms with Crippen LogP contribution in [0.4, 0.5) is 4.79 Å². The Bertz CT molecular complexity index is 431. The van der Waals surface area contributed by atoms with Crippen LogP contribution in [-0.2, 0) is 23.9 Å². The SMILES string of the molecule is COC(=O)C(=O)CC(=O)C1CN(C(=O)OC(C)(C)C)C1. The zero-order valence-electron chi connectivity index (χ0n) is 12.1. The summed E-state index contributed by atoms with van der Waals surface area (Å²) in [5.74, 6) is -2.67. The van der Waals surface area contributed by atoms with Crippen LogP contribution < -0.4 is 0 Å². The normalized spacial score (nSPS) is 15.3. The highest BCUT2D eigenvalue weighted by atomic mass is 16.6. The molecule has 7 nitrogen and oxygen atoms in total. The van der Waals surface area contributed by atoms with Crippen molar-refractivity contribution in [2.75, 3.05) is 20.2 Å². The second kappa shape index (κ2) is 6.02. The molecule has 20 heavy (non-hydrogen) atoms. The van der Waals surface area contributed by atoms with Gasteiger partial charge in [-0.3, -0.25) is 9.59 Å². The van der Waals surface area contributed by atoms with Crippen molar-refractivity contribution in [3.05, 3.63) is 0 Å². The topological polar surface area (TPSA) is 90.0 Å². The highest BCUT2D eigenvalue weighted by Gasteiger charge is 2.38. The smallest absolute Gasteiger partial charge is 0.410 e. The van der Waals surface area contributed by atoms with Gasteiger partial charge in [0.05, 0.1) is 19.4 Å². The van der Waals surface area contributed by atoms with Crippen molar-refractivity contribution in [1.29, 1.82) is 0 Å². The summed E-state index contributed by atoms with van der Waals surface area (Å²) in [7, 11) is 1.08. The van der Waals surface area contributed by atoms with Gasteiger partial charge in [0.2, 0.25) is 5.78 Å². The third kappa shape index (κ3) is 4.32. The van der Waals surface area contributed by atoms with Crippen molar-refractivity contribution in [2.45, 2.75) is 32.8 Å². The number of methoxy groups -OCH3 is 1. The van der Waals surface area contributed by atoms with Crippen LogP contribution in [0.15, 0.2) is 0 Å². The molecule has 1 amide bonds. The number of carbonyl (C=O) groups is 4. The Balaban J connectivity index is 2.38. The van der Waals surface area contributed by atoms with E-state index in [4.69, 9.17) is 4.74 Å². The van der Waals surface area contributed by atoms with Crippen molar-refractivity contribution < 1.29 is 28.7 Å². The quantitative estimate of drug-likeness (QED) is 0.426. The predicted molar refractivity (Wildman–Crippen MR) is 67.9 cm³/mol. The van der Waals surface area contributed by atoms with Gasteiger partial charge in [-0.15, -0.1) is 0 Å². The summed E-state index contributed by atoms with van der Waals surface area (Å²) >= 11 is 0. The van der Waals surface area contributed by atoms with Gasteiger partial charge in [-0.05, 0) is 20.8 Å². The Morgan fingerprint density at radius 2 is 1.70 bits per heavy atom. The summed E-state index contributed by atoms with van der Waals surface area (Å²) < 4.78 is 9.37. The van der Waals surface area contributed by atoms with Crippen LogP contribution in [0.1, 0.15) is 27.2 Å². The van der Waals surface area contributed by atoms with Crippen molar-refractivity contribution in [2.24, 2.45) is 5.92 Å². The Kier molecular flexibility index (Phi) is 4.86. The Labute approximate surface area is 117 Å². The van der Waals surface area contributed by atoms with Crippen LogP contribution >= 0.6 is 0 Å². The maximum absolute atomic E-state index is 11.7. The molecule has 0 radical (unpaired) electrons. The van der Waals surface area contributed by atoms with Crippen LogP contribution in [0, 0.1) is 5.92 Å². The molecule has 0 N–H and O–H groups in total. The fraction of sp³-hybridized carbons (Fsp3) is 0.692. The van der Waals surface area contributed by atoms with E-state index in [-0.39, 0.29) is 18.9 Å². The van der Waals surface area contributed by atoms with Crippen molar-refractivity contribution in [3.63, 3.8) is 0 Å². The molecule has 1 heterocycles. The third-order valence-electron chi connectivity index (χ3n) is 2.74. The molecule has 0 spiro atoms. The molecular formula is C13H19NO6. The van der Waals surface area contributed by atoms with E-state index in [1.165, 1.54) is 4.90 Å². The summed E-state index contributed by atoms with van der Waals surface area (Å²) in [5, 5.41) is 0. The van der Waals surface area contributed by atoms with Gasteiger partial charge in [-0.2, -0.15) is 0 Å². The monoisotopic (exact) mass is 285 g/mol. The van der Waals surface area contributed by atoms with Crippen molar-refractivity contribution in [3.8, 4) is 0 Å². The molecule has 0 aliphatic carbocycles. The number of ether oxygens (including phenoxy) is 2. The maximum Gasteiger partial charge on any atom is 0.410 e. The van der Waals surface area contributed by atoms with Crippen molar-refractivity contribution in [1.82, 2.24) is 4.90 Å². The van der Waals surface area contributed by atoms with E-state index in [1.807, 2.05) is 0 Å². The lowest BCUT2D eigenvalue weighted by atomic mass is 9.92. The molecule has 0 bridgehead atoms. The first kappa shape index (κ1) is 16.1. The van der Waals surface area contributed by atoms with E-state index >= 15 is 0 Å². The second-order valence-corrected chi connectivity index (χ2v) is 5.64. The molecule has 0 aromatic carbocycles. The molecule has 0 aromatic heterocycles. The molecule has 0 aromatic rings. The van der Waals surface area contributed by atoms with Gasteiger partial charge >= 0.3 is 12.1 Å². The van der Waals surface area contributed by atoms with Crippen LogP contribution in [0.3, 0.4) is 0 Å².